The van der Waals surface area contributed by atoms with Gasteiger partial charge in [-0.3, -0.25) is 0 Å². The lowest BCUT2D eigenvalue weighted by Crippen LogP contribution is -2.24. The molecule has 9 heavy (non-hydrogen) atoms. The highest BCUT2D eigenvalue weighted by atomic mass is 28.3. The van der Waals surface area contributed by atoms with Crippen molar-refractivity contribution in [3.8, 4) is 0 Å². The molecule has 0 amide bonds. The Morgan fingerprint density at radius 2 is 2.00 bits per heavy atom. The molecule has 4 heteroatoms. The van der Waals surface area contributed by atoms with E-state index in [-0.39, 0.29) is 0 Å². The fourth-order valence-corrected chi connectivity index (χ4v) is 1.40. The molecule has 0 spiro atoms. The van der Waals surface area contributed by atoms with Crippen LogP contribution in [-0.4, -0.2) is 19.3 Å². The van der Waals surface area contributed by atoms with Gasteiger partial charge in [0.1, 0.15) is 0 Å². The Balaban J connectivity index is 3.60. The topological polar surface area (TPSA) is 46.5 Å². The van der Waals surface area contributed by atoms with Crippen molar-refractivity contribution >= 4 is 14.0 Å². The second-order valence-electron chi connectivity index (χ2n) is 3.20. The first-order valence-corrected chi connectivity index (χ1v) is 6.51. The summed E-state index contributed by atoms with van der Waals surface area (Å²) in [6.45, 7) is 6.10. The van der Waals surface area contributed by atoms with Gasteiger partial charge in [0.05, 0.1) is 8.07 Å². The predicted molar refractivity (Wildman–Crippen MR) is 36.9 cm³/mol. The summed E-state index contributed by atoms with van der Waals surface area (Å²) in [5, 5.41) is 7.87. The molecule has 0 unspecified atom stereocenters. The van der Waals surface area contributed by atoms with Gasteiger partial charge in [-0.15, -0.1) is 0 Å². The maximum atomic E-state index is 10.4. The van der Waals surface area contributed by atoms with Gasteiger partial charge >= 0.3 is 5.97 Å². The average molecular weight is 148 g/mol. The highest BCUT2D eigenvalue weighted by Crippen LogP contribution is 2.07. The number of hydrogen-bond acceptors (Lipinski definition) is 3. The summed E-state index contributed by atoms with van der Waals surface area (Å²) in [6, 6.07) is 0.378. The van der Waals surface area contributed by atoms with Crippen LogP contribution in [-0.2, 0) is 9.68 Å². The van der Waals surface area contributed by atoms with Crippen LogP contribution >= 0.6 is 0 Å². The average Bonchev–Trinajstić information content (AvgIpc) is 1.62. The molecule has 0 aromatic heterocycles. The molecule has 0 aromatic carbocycles. The summed E-state index contributed by atoms with van der Waals surface area (Å²) in [7, 11) is -1.38. The van der Waals surface area contributed by atoms with Crippen LogP contribution in [0.5, 0.6) is 0 Å². The van der Waals surface area contributed by atoms with Gasteiger partial charge in [0.2, 0.25) is 0 Å². The van der Waals surface area contributed by atoms with E-state index >= 15 is 0 Å². The first-order valence-electron chi connectivity index (χ1n) is 2.80. The molecule has 0 aromatic rings. The van der Waals surface area contributed by atoms with E-state index in [0.717, 1.165) is 0 Å². The molecule has 0 radical (unpaired) electrons. The van der Waals surface area contributed by atoms with Crippen LogP contribution in [0.2, 0.25) is 25.7 Å². The highest BCUT2D eigenvalue weighted by Gasteiger charge is 2.18. The largest absolute Gasteiger partial charge is 0.339 e. The smallest absolute Gasteiger partial charge is 0.301 e. The third-order valence-electron chi connectivity index (χ3n) is 0.776. The quantitative estimate of drug-likeness (QED) is 0.365. The number of rotatable bonds is 2. The summed E-state index contributed by atoms with van der Waals surface area (Å²) >= 11 is 0. The van der Waals surface area contributed by atoms with Crippen LogP contribution in [0.15, 0.2) is 0 Å². The lowest BCUT2D eigenvalue weighted by atomic mass is 10.8. The summed E-state index contributed by atoms with van der Waals surface area (Å²) in [5.41, 5.74) is 0. The second-order valence-corrected chi connectivity index (χ2v) is 8.68. The molecule has 0 saturated carbocycles. The molecule has 0 heterocycles. The lowest BCUT2D eigenvalue weighted by Gasteiger charge is -2.11. The van der Waals surface area contributed by atoms with Crippen LogP contribution in [0.3, 0.4) is 0 Å². The van der Waals surface area contributed by atoms with Crippen LogP contribution in [0.1, 0.15) is 0 Å². The normalized spacial score (nSPS) is 11.1. The van der Waals surface area contributed by atoms with Gasteiger partial charge in [0.25, 0.3) is 0 Å². The molecule has 0 aliphatic heterocycles. The van der Waals surface area contributed by atoms with Crippen LogP contribution in [0.4, 0.5) is 0 Å². The number of carbonyl (C=O) groups excluding carboxylic acids is 1. The third-order valence-corrected chi connectivity index (χ3v) is 2.13. The second kappa shape index (κ2) is 2.98. The molecule has 0 saturated heterocycles. The number of hydrogen-bond donors (Lipinski definition) is 1. The molecule has 1 N–H and O–H groups in total. The predicted octanol–water partition coefficient (Wildman–Crippen LogP) is 1.34. The summed E-state index contributed by atoms with van der Waals surface area (Å²) in [5.74, 6) is -0.519. The number of carbonyl (C=O) groups is 1. The molecular weight excluding hydrogens is 136 g/mol. The summed E-state index contributed by atoms with van der Waals surface area (Å²) in [6.07, 6.45) is 0. The van der Waals surface area contributed by atoms with E-state index in [1.165, 1.54) is 0 Å². The maximum Gasteiger partial charge on any atom is 0.339 e. The fourth-order valence-electron chi connectivity index (χ4n) is 0.465. The van der Waals surface area contributed by atoms with Gasteiger partial charge in [-0.25, -0.2) is 4.79 Å². The first kappa shape index (κ1) is 8.65. The maximum absolute atomic E-state index is 10.4. The zero-order chi connectivity index (χ0) is 7.49. The Morgan fingerprint density at radius 1 is 1.56 bits per heavy atom. The highest BCUT2D eigenvalue weighted by molar-refractivity contribution is 6.78. The van der Waals surface area contributed by atoms with E-state index in [0.29, 0.717) is 6.04 Å². The molecular formula is C5H12O3Si. The minimum absolute atomic E-state index is 0.378. The zero-order valence-corrected chi connectivity index (χ0v) is 6.97. The minimum atomic E-state index is -1.38. The van der Waals surface area contributed by atoms with Crippen LogP contribution < -0.4 is 0 Å². The lowest BCUT2D eigenvalue weighted by molar-refractivity contribution is -0.231. The van der Waals surface area contributed by atoms with Crippen molar-refractivity contribution in [3.63, 3.8) is 0 Å². The van der Waals surface area contributed by atoms with Crippen LogP contribution in [0.25, 0.3) is 0 Å². The Morgan fingerprint density at radius 3 is 2.11 bits per heavy atom. The van der Waals surface area contributed by atoms with Crippen LogP contribution in [0, 0.1) is 0 Å². The molecule has 0 aliphatic rings. The van der Waals surface area contributed by atoms with Crippen molar-refractivity contribution in [1.82, 2.24) is 0 Å². The Kier molecular flexibility index (Phi) is 2.86. The zero-order valence-electron chi connectivity index (χ0n) is 5.97. The monoisotopic (exact) mass is 148 g/mol. The molecule has 0 atom stereocenters. The van der Waals surface area contributed by atoms with E-state index < -0.39 is 14.0 Å². The van der Waals surface area contributed by atoms with Crippen molar-refractivity contribution in [1.29, 1.82) is 0 Å². The SMILES string of the molecule is C[Si](C)(C)CC(=O)OO. The van der Waals surface area contributed by atoms with Gasteiger partial charge in [-0.05, 0) is 0 Å². The van der Waals surface area contributed by atoms with Gasteiger partial charge in [-0.1, -0.05) is 19.6 Å². The van der Waals surface area contributed by atoms with Crippen molar-refractivity contribution < 1.29 is 14.9 Å². The van der Waals surface area contributed by atoms with Gasteiger partial charge < -0.3 is 4.89 Å². The molecule has 0 bridgehead atoms. The molecule has 0 fully saturated rings. The van der Waals surface area contributed by atoms with E-state index in [9.17, 15) is 4.79 Å². The molecule has 0 rings (SSSR count). The molecule has 0 aliphatic carbocycles. The van der Waals surface area contributed by atoms with Gasteiger partial charge in [0.15, 0.2) is 0 Å². The van der Waals surface area contributed by atoms with E-state index in [1.807, 2.05) is 19.6 Å². The Hall–Kier alpha value is -0.353. The van der Waals surface area contributed by atoms with E-state index in [1.54, 1.807) is 0 Å². The standard InChI is InChI=1S/C5H12O3Si/c1-9(2,3)4-5(6)8-7/h7H,4H2,1-3H3. The summed E-state index contributed by atoms with van der Waals surface area (Å²) < 4.78 is 0. The van der Waals surface area contributed by atoms with Crippen molar-refractivity contribution in [3.05, 3.63) is 0 Å². The molecule has 3 nitrogen and oxygen atoms in total. The van der Waals surface area contributed by atoms with Crippen molar-refractivity contribution in [2.45, 2.75) is 25.7 Å². The Bertz CT molecular complexity index is 105. The molecule has 54 valence electrons. The van der Waals surface area contributed by atoms with Crippen molar-refractivity contribution in [2.75, 3.05) is 0 Å². The van der Waals surface area contributed by atoms with Gasteiger partial charge in [0, 0.05) is 6.04 Å². The fraction of sp³-hybridized carbons (Fsp3) is 0.800. The minimum Gasteiger partial charge on any atom is -0.301 e. The summed E-state index contributed by atoms with van der Waals surface area (Å²) in [4.78, 5) is 13.9. The van der Waals surface area contributed by atoms with E-state index in [4.69, 9.17) is 5.26 Å². The van der Waals surface area contributed by atoms with Gasteiger partial charge in [-0.2, -0.15) is 5.26 Å². The first-order chi connectivity index (χ1) is 3.95. The van der Waals surface area contributed by atoms with E-state index in [2.05, 4.69) is 4.89 Å². The Labute approximate surface area is 55.6 Å². The third kappa shape index (κ3) is 5.52. The van der Waals surface area contributed by atoms with Crippen molar-refractivity contribution in [2.24, 2.45) is 0 Å².